The van der Waals surface area contributed by atoms with Crippen LogP contribution in [0.5, 0.6) is 0 Å². The van der Waals surface area contributed by atoms with Crippen molar-refractivity contribution in [1.82, 2.24) is 9.62 Å². The van der Waals surface area contributed by atoms with Crippen molar-refractivity contribution in [2.45, 2.75) is 76.8 Å². The Bertz CT molecular complexity index is 714. The molecule has 0 spiro atoms. The van der Waals surface area contributed by atoms with E-state index in [-0.39, 0.29) is 17.4 Å². The number of hydrogen-bond acceptors (Lipinski definition) is 4. The monoisotopic (exact) mass is 437 g/mol. The molecule has 2 amide bonds. The summed E-state index contributed by atoms with van der Waals surface area (Å²) in [5.74, 6) is -0.440. The van der Waals surface area contributed by atoms with Crippen LogP contribution in [0.4, 0.5) is 4.39 Å². The molecule has 1 fully saturated rings. The summed E-state index contributed by atoms with van der Waals surface area (Å²) in [4.78, 5) is 21.6. The number of rotatable bonds is 10. The van der Waals surface area contributed by atoms with Gasteiger partial charge in [0, 0.05) is 24.2 Å². The molecule has 5 nitrogen and oxygen atoms in total. The molecule has 3 atom stereocenters. The average Bonchev–Trinajstić information content (AvgIpc) is 3.08. The summed E-state index contributed by atoms with van der Waals surface area (Å²) >= 11 is 1.41. The van der Waals surface area contributed by atoms with Gasteiger partial charge in [-0.1, -0.05) is 12.5 Å². The molecule has 1 aromatic carbocycles. The van der Waals surface area contributed by atoms with Crippen LogP contribution in [0.15, 0.2) is 35.2 Å². The van der Waals surface area contributed by atoms with E-state index in [1.54, 1.807) is 12.1 Å². The number of nitrogens with one attached hydrogen (secondary N) is 1. The van der Waals surface area contributed by atoms with Gasteiger partial charge in [0.05, 0.1) is 4.90 Å². The van der Waals surface area contributed by atoms with Crippen LogP contribution in [-0.4, -0.2) is 35.3 Å². The van der Waals surface area contributed by atoms with Crippen molar-refractivity contribution in [3.8, 4) is 0 Å². The normalized spacial score (nSPS) is 18.1. The van der Waals surface area contributed by atoms with Gasteiger partial charge in [-0.25, -0.2) is 8.70 Å². The molecule has 0 bridgehead atoms. The van der Waals surface area contributed by atoms with Crippen LogP contribution in [0.3, 0.4) is 0 Å². The van der Waals surface area contributed by atoms with Gasteiger partial charge in [0.25, 0.3) is 0 Å². The fourth-order valence-electron chi connectivity index (χ4n) is 3.14. The Labute approximate surface area is 184 Å². The molecule has 1 heterocycles. The van der Waals surface area contributed by atoms with E-state index < -0.39 is 5.91 Å². The Hall–Kier alpha value is -1.86. The van der Waals surface area contributed by atoms with E-state index in [9.17, 15) is 14.0 Å². The quantitative estimate of drug-likeness (QED) is 0.309. The molecule has 3 N–H and O–H groups in total. The summed E-state index contributed by atoms with van der Waals surface area (Å²) in [6, 6.07) is 5.13. The van der Waals surface area contributed by atoms with Crippen LogP contribution >= 0.6 is 11.9 Å². The Morgan fingerprint density at radius 1 is 1.47 bits per heavy atom. The first-order valence-corrected chi connectivity index (χ1v) is 11.3. The first-order valence-electron chi connectivity index (χ1n) is 10.5. The molecule has 0 aliphatic carbocycles. The fraction of sp³-hybridized carbons (Fsp3) is 0.565. The zero-order valence-corrected chi connectivity index (χ0v) is 19.4. The van der Waals surface area contributed by atoms with E-state index in [0.717, 1.165) is 38.6 Å². The van der Waals surface area contributed by atoms with Crippen LogP contribution in [0, 0.1) is 11.7 Å². The third-order valence-electron chi connectivity index (χ3n) is 5.37. The molecule has 0 aromatic heterocycles. The third-order valence-corrected chi connectivity index (χ3v) is 6.68. The van der Waals surface area contributed by atoms with Crippen molar-refractivity contribution < 1.29 is 14.0 Å². The maximum Gasteiger partial charge on any atom is 0.248 e. The summed E-state index contributed by atoms with van der Waals surface area (Å²) in [6.45, 7) is 13.2. The van der Waals surface area contributed by atoms with E-state index in [1.807, 2.05) is 6.92 Å². The van der Waals surface area contributed by atoms with Gasteiger partial charge in [0.15, 0.2) is 0 Å². The Balaban J connectivity index is 0.000000314. The molecular formula is C23H36FN3O2S. The van der Waals surface area contributed by atoms with Crippen molar-refractivity contribution in [3.05, 3.63) is 41.7 Å². The van der Waals surface area contributed by atoms with Crippen LogP contribution in [0.2, 0.25) is 0 Å². The standard InChI is InChI=1S/C12H15FN2OS.C11H21NO/c1-8-3-2-6-15(8)17-11-5-4-9(12(14)16)7-10(11)13;1-9(2)6-5-7-10(3)11(4)12-8-13/h4-5,7-8H,2-3,6H2,1H3,(H2,14,16);8,10-11H,1,5-7H2,2-4H3,(H,12,13). The molecule has 1 aromatic rings. The van der Waals surface area contributed by atoms with Crippen LogP contribution in [0.1, 0.15) is 70.2 Å². The zero-order valence-electron chi connectivity index (χ0n) is 18.6. The Morgan fingerprint density at radius 3 is 2.67 bits per heavy atom. The largest absolute Gasteiger partial charge is 0.366 e. The first kappa shape index (κ1) is 26.2. The number of carbonyl (C=O) groups excluding carboxylic acids is 2. The summed E-state index contributed by atoms with van der Waals surface area (Å²) in [5, 5.41) is 2.78. The zero-order chi connectivity index (χ0) is 22.7. The SMILES string of the molecule is C=C(C)CCCC(C)C(C)NC=O.CC1CCCN1Sc1ccc(C(N)=O)cc1F. The van der Waals surface area contributed by atoms with Gasteiger partial charge >= 0.3 is 0 Å². The molecule has 7 heteroatoms. The lowest BCUT2D eigenvalue weighted by atomic mass is 9.96. The minimum atomic E-state index is -0.602. The lowest BCUT2D eigenvalue weighted by Gasteiger charge is -2.19. The van der Waals surface area contributed by atoms with Crippen LogP contribution < -0.4 is 11.1 Å². The molecule has 0 radical (unpaired) electrons. The average molecular weight is 438 g/mol. The minimum Gasteiger partial charge on any atom is -0.366 e. The predicted octanol–water partition coefficient (Wildman–Crippen LogP) is 4.92. The number of nitrogens with zero attached hydrogens (tertiary/aromatic N) is 1. The first-order chi connectivity index (χ1) is 14.1. The molecule has 1 aliphatic heterocycles. The highest BCUT2D eigenvalue weighted by molar-refractivity contribution is 7.97. The predicted molar refractivity (Wildman–Crippen MR) is 123 cm³/mol. The highest BCUT2D eigenvalue weighted by atomic mass is 32.2. The summed E-state index contributed by atoms with van der Waals surface area (Å²) in [6.07, 6.45) is 6.48. The summed E-state index contributed by atoms with van der Waals surface area (Å²) < 4.78 is 15.9. The number of hydrogen-bond donors (Lipinski definition) is 2. The number of allylic oxidation sites excluding steroid dienone is 1. The summed E-state index contributed by atoms with van der Waals surface area (Å²) in [5.41, 5.74) is 6.54. The van der Waals surface area contributed by atoms with Gasteiger partial charge in [-0.3, -0.25) is 9.59 Å². The van der Waals surface area contributed by atoms with Gasteiger partial charge in [-0.15, -0.1) is 6.58 Å². The number of primary amides is 1. The van der Waals surface area contributed by atoms with Crippen molar-refractivity contribution >= 4 is 24.3 Å². The maximum absolute atomic E-state index is 13.7. The van der Waals surface area contributed by atoms with Crippen molar-refractivity contribution in [2.24, 2.45) is 11.7 Å². The van der Waals surface area contributed by atoms with Gasteiger partial charge in [-0.2, -0.15) is 0 Å². The fourth-order valence-corrected chi connectivity index (χ4v) is 4.18. The smallest absolute Gasteiger partial charge is 0.248 e. The topological polar surface area (TPSA) is 75.4 Å². The second-order valence-electron chi connectivity index (χ2n) is 8.13. The number of amides is 2. The molecule has 1 saturated heterocycles. The van der Waals surface area contributed by atoms with Gasteiger partial charge < -0.3 is 11.1 Å². The van der Waals surface area contributed by atoms with E-state index in [4.69, 9.17) is 5.73 Å². The van der Waals surface area contributed by atoms with Crippen LogP contribution in [-0.2, 0) is 4.79 Å². The second kappa shape index (κ2) is 13.4. The highest BCUT2D eigenvalue weighted by Gasteiger charge is 2.22. The molecule has 30 heavy (non-hydrogen) atoms. The highest BCUT2D eigenvalue weighted by Crippen LogP contribution is 2.32. The van der Waals surface area contributed by atoms with E-state index in [2.05, 4.69) is 37.0 Å². The van der Waals surface area contributed by atoms with Crippen molar-refractivity contribution in [1.29, 1.82) is 0 Å². The van der Waals surface area contributed by atoms with E-state index in [1.165, 1.54) is 30.0 Å². The van der Waals surface area contributed by atoms with Gasteiger partial charge in [0.2, 0.25) is 12.3 Å². The second-order valence-corrected chi connectivity index (χ2v) is 9.22. The van der Waals surface area contributed by atoms with Gasteiger partial charge in [0.1, 0.15) is 5.82 Å². The molecule has 0 saturated carbocycles. The molecule has 1 aliphatic rings. The number of benzene rings is 1. The number of nitrogens with two attached hydrogens (primary N) is 1. The number of halogens is 1. The molecule has 168 valence electrons. The van der Waals surface area contributed by atoms with Crippen LogP contribution in [0.25, 0.3) is 0 Å². The van der Waals surface area contributed by atoms with E-state index in [0.29, 0.717) is 16.9 Å². The number of carbonyl (C=O) groups is 2. The van der Waals surface area contributed by atoms with Crippen molar-refractivity contribution in [3.63, 3.8) is 0 Å². The molecule has 3 unspecified atom stereocenters. The lowest BCUT2D eigenvalue weighted by Crippen LogP contribution is -2.30. The lowest BCUT2D eigenvalue weighted by molar-refractivity contribution is -0.110. The minimum absolute atomic E-state index is 0.210. The van der Waals surface area contributed by atoms with Gasteiger partial charge in [-0.05, 0) is 88.9 Å². The third kappa shape index (κ3) is 9.30. The summed E-state index contributed by atoms with van der Waals surface area (Å²) in [7, 11) is 0. The Morgan fingerprint density at radius 2 is 2.17 bits per heavy atom. The molecular weight excluding hydrogens is 401 g/mol. The maximum atomic E-state index is 13.7. The Kier molecular flexibility index (Phi) is 11.7. The van der Waals surface area contributed by atoms with E-state index >= 15 is 0 Å². The molecule has 2 rings (SSSR count). The van der Waals surface area contributed by atoms with Crippen molar-refractivity contribution in [2.75, 3.05) is 6.54 Å².